The molecule has 23 heavy (non-hydrogen) atoms. The van der Waals surface area contributed by atoms with E-state index in [1.54, 1.807) is 18.4 Å². The first-order chi connectivity index (χ1) is 11.2. The zero-order valence-corrected chi connectivity index (χ0v) is 13.0. The second-order valence-electron chi connectivity index (χ2n) is 5.99. The van der Waals surface area contributed by atoms with Gasteiger partial charge in [-0.05, 0) is 56.1 Å². The summed E-state index contributed by atoms with van der Waals surface area (Å²) in [5, 5.41) is 2.85. The number of carbonyl (C=O) groups is 1. The van der Waals surface area contributed by atoms with Crippen LogP contribution in [0.2, 0.25) is 0 Å². The molecule has 0 radical (unpaired) electrons. The molecule has 1 saturated heterocycles. The monoisotopic (exact) mass is 316 g/mol. The predicted octanol–water partition coefficient (Wildman–Crippen LogP) is 3.06. The molecule has 3 rings (SSSR count). The van der Waals surface area contributed by atoms with E-state index < -0.39 is 5.82 Å². The molecule has 0 saturated carbocycles. The Hall–Kier alpha value is -2.14. The second-order valence-corrected chi connectivity index (χ2v) is 5.99. The van der Waals surface area contributed by atoms with Gasteiger partial charge in [0.15, 0.2) is 0 Å². The first kappa shape index (κ1) is 15.7. The lowest BCUT2D eigenvalue weighted by Crippen LogP contribution is -2.38. The van der Waals surface area contributed by atoms with Gasteiger partial charge in [0.25, 0.3) is 5.91 Å². The fourth-order valence-corrected chi connectivity index (χ4v) is 2.95. The number of nitrogens with one attached hydrogen (secondary N) is 1. The Labute approximate surface area is 135 Å². The van der Waals surface area contributed by atoms with Crippen LogP contribution in [0.3, 0.4) is 0 Å². The minimum atomic E-state index is -0.474. The van der Waals surface area contributed by atoms with Crippen molar-refractivity contribution in [1.82, 2.24) is 10.2 Å². The largest absolute Gasteiger partial charge is 0.468 e. The van der Waals surface area contributed by atoms with Gasteiger partial charge < -0.3 is 9.73 Å². The van der Waals surface area contributed by atoms with Crippen LogP contribution in [0.5, 0.6) is 0 Å². The summed E-state index contributed by atoms with van der Waals surface area (Å²) in [6, 6.07) is 9.96. The molecule has 0 spiro atoms. The van der Waals surface area contributed by atoms with Gasteiger partial charge in [-0.25, -0.2) is 4.39 Å². The van der Waals surface area contributed by atoms with E-state index in [2.05, 4.69) is 10.2 Å². The van der Waals surface area contributed by atoms with Crippen LogP contribution in [0.25, 0.3) is 0 Å². The van der Waals surface area contributed by atoms with Crippen LogP contribution in [-0.2, 0) is 6.54 Å². The summed E-state index contributed by atoms with van der Waals surface area (Å²) >= 11 is 0. The lowest BCUT2D eigenvalue weighted by atomic mass is 9.96. The number of amides is 1. The first-order valence-electron chi connectivity index (χ1n) is 8.00. The number of likely N-dealkylation sites (tertiary alicyclic amines) is 1. The highest BCUT2D eigenvalue weighted by molar-refractivity contribution is 5.94. The Bertz CT molecular complexity index is 634. The third-order valence-corrected chi connectivity index (χ3v) is 4.34. The molecule has 1 N–H and O–H groups in total. The zero-order valence-electron chi connectivity index (χ0n) is 13.0. The molecule has 0 bridgehead atoms. The average molecular weight is 316 g/mol. The second kappa shape index (κ2) is 7.42. The van der Waals surface area contributed by atoms with Gasteiger partial charge in [0.2, 0.25) is 0 Å². The zero-order chi connectivity index (χ0) is 16.1. The first-order valence-corrected chi connectivity index (χ1v) is 8.00. The molecule has 0 unspecified atom stereocenters. The van der Waals surface area contributed by atoms with Gasteiger partial charge in [-0.1, -0.05) is 12.1 Å². The van der Waals surface area contributed by atoms with E-state index in [9.17, 15) is 9.18 Å². The number of rotatable bonds is 5. The van der Waals surface area contributed by atoms with Gasteiger partial charge in [0, 0.05) is 6.54 Å². The van der Waals surface area contributed by atoms with Crippen LogP contribution in [0, 0.1) is 11.7 Å². The number of hydrogen-bond acceptors (Lipinski definition) is 3. The van der Waals surface area contributed by atoms with Gasteiger partial charge in [-0.15, -0.1) is 0 Å². The highest BCUT2D eigenvalue weighted by Crippen LogP contribution is 2.19. The summed E-state index contributed by atoms with van der Waals surface area (Å²) in [7, 11) is 0. The lowest BCUT2D eigenvalue weighted by molar-refractivity contribution is 0.0930. The van der Waals surface area contributed by atoms with E-state index in [4.69, 9.17) is 4.42 Å². The molecule has 4 nitrogen and oxygen atoms in total. The van der Waals surface area contributed by atoms with E-state index in [1.165, 1.54) is 12.1 Å². The maximum Gasteiger partial charge on any atom is 0.254 e. The van der Waals surface area contributed by atoms with Gasteiger partial charge >= 0.3 is 0 Å². The third-order valence-electron chi connectivity index (χ3n) is 4.34. The number of carbonyl (C=O) groups excluding carboxylic acids is 1. The molecule has 122 valence electrons. The molecule has 2 heterocycles. The fraction of sp³-hybridized carbons (Fsp3) is 0.389. The SMILES string of the molecule is O=C(NCC1CCN(Cc2ccco2)CC1)c1ccccc1F. The van der Waals surface area contributed by atoms with Crippen molar-refractivity contribution >= 4 is 5.91 Å². The Balaban J connectivity index is 1.42. The average Bonchev–Trinajstić information content (AvgIpc) is 3.07. The van der Waals surface area contributed by atoms with Crippen molar-refractivity contribution in [2.24, 2.45) is 5.92 Å². The molecule has 5 heteroatoms. The van der Waals surface area contributed by atoms with Crippen LogP contribution in [0.1, 0.15) is 29.0 Å². The van der Waals surface area contributed by atoms with Crippen LogP contribution in [0.4, 0.5) is 4.39 Å². The summed E-state index contributed by atoms with van der Waals surface area (Å²) in [5.41, 5.74) is 0.114. The Kier molecular flexibility index (Phi) is 5.08. The van der Waals surface area contributed by atoms with Crippen molar-refractivity contribution in [2.45, 2.75) is 19.4 Å². The maximum atomic E-state index is 13.6. The highest BCUT2D eigenvalue weighted by atomic mass is 19.1. The number of benzene rings is 1. The van der Waals surface area contributed by atoms with E-state index >= 15 is 0 Å². The van der Waals surface area contributed by atoms with Crippen molar-refractivity contribution in [1.29, 1.82) is 0 Å². The lowest BCUT2D eigenvalue weighted by Gasteiger charge is -2.31. The molecule has 1 fully saturated rings. The van der Waals surface area contributed by atoms with Gasteiger partial charge in [0.05, 0.1) is 18.4 Å². The van der Waals surface area contributed by atoms with E-state index in [0.29, 0.717) is 12.5 Å². The Morgan fingerprint density at radius 2 is 2.00 bits per heavy atom. The molecule has 1 aromatic carbocycles. The fourth-order valence-electron chi connectivity index (χ4n) is 2.95. The molecule has 1 aromatic heterocycles. The molecular formula is C18H21FN2O2. The van der Waals surface area contributed by atoms with Gasteiger partial charge in [0.1, 0.15) is 11.6 Å². The van der Waals surface area contributed by atoms with Crippen LogP contribution in [0.15, 0.2) is 47.1 Å². The van der Waals surface area contributed by atoms with Crippen LogP contribution >= 0.6 is 0 Å². The van der Waals surface area contributed by atoms with Crippen molar-refractivity contribution < 1.29 is 13.6 Å². The molecule has 2 aromatic rings. The van der Waals surface area contributed by atoms with E-state index in [1.807, 2.05) is 12.1 Å². The Morgan fingerprint density at radius 3 is 2.70 bits per heavy atom. The minimum Gasteiger partial charge on any atom is -0.468 e. The van der Waals surface area contributed by atoms with Crippen molar-refractivity contribution in [3.63, 3.8) is 0 Å². The molecule has 0 aliphatic carbocycles. The van der Waals surface area contributed by atoms with Crippen molar-refractivity contribution in [3.8, 4) is 0 Å². The number of halogens is 1. The van der Waals surface area contributed by atoms with Gasteiger partial charge in [-0.3, -0.25) is 9.69 Å². The van der Waals surface area contributed by atoms with Crippen LogP contribution < -0.4 is 5.32 Å². The highest BCUT2D eigenvalue weighted by Gasteiger charge is 2.21. The molecule has 1 aliphatic heterocycles. The topological polar surface area (TPSA) is 45.5 Å². The summed E-state index contributed by atoms with van der Waals surface area (Å²) in [4.78, 5) is 14.4. The summed E-state index contributed by atoms with van der Waals surface area (Å²) in [5.74, 6) is 0.620. The standard InChI is InChI=1S/C18H21FN2O2/c19-17-6-2-1-5-16(17)18(22)20-12-14-7-9-21(10-8-14)13-15-4-3-11-23-15/h1-6,11,14H,7-10,12-13H2,(H,20,22). The maximum absolute atomic E-state index is 13.6. The molecule has 1 aliphatic rings. The quantitative estimate of drug-likeness (QED) is 0.922. The van der Waals surface area contributed by atoms with E-state index in [-0.39, 0.29) is 11.5 Å². The van der Waals surface area contributed by atoms with Gasteiger partial charge in [-0.2, -0.15) is 0 Å². The van der Waals surface area contributed by atoms with E-state index in [0.717, 1.165) is 38.2 Å². The summed E-state index contributed by atoms with van der Waals surface area (Å²) in [6.45, 7) is 3.41. The molecule has 0 atom stereocenters. The number of furan rings is 1. The Morgan fingerprint density at radius 1 is 1.22 bits per heavy atom. The third kappa shape index (κ3) is 4.20. The molecular weight excluding hydrogens is 295 g/mol. The summed E-state index contributed by atoms with van der Waals surface area (Å²) in [6.07, 6.45) is 3.75. The number of nitrogens with zero attached hydrogens (tertiary/aromatic N) is 1. The van der Waals surface area contributed by atoms with Crippen LogP contribution in [-0.4, -0.2) is 30.4 Å². The van der Waals surface area contributed by atoms with Crippen molar-refractivity contribution in [3.05, 3.63) is 59.8 Å². The smallest absolute Gasteiger partial charge is 0.254 e. The number of piperidine rings is 1. The normalized spacial score (nSPS) is 16.4. The summed E-state index contributed by atoms with van der Waals surface area (Å²) < 4.78 is 18.9. The molecule has 1 amide bonds. The minimum absolute atomic E-state index is 0.114. The van der Waals surface area contributed by atoms with Crippen molar-refractivity contribution in [2.75, 3.05) is 19.6 Å². The predicted molar refractivity (Wildman–Crippen MR) is 85.4 cm³/mol. The number of hydrogen-bond donors (Lipinski definition) is 1.